The number of Topliss-reactive ketones (excluding diaryl/α,β-unsaturated/α-hetero) is 1. The number of ether oxygens (including phenoxy) is 4. The quantitative estimate of drug-likeness (QED) is 0.283. The molecule has 1 aliphatic heterocycles. The lowest BCUT2D eigenvalue weighted by Gasteiger charge is -2.19. The number of carbonyl (C=O) groups excluding carboxylic acids is 1. The molecule has 3 rings (SSSR count). The zero-order valence-electron chi connectivity index (χ0n) is 17.0. The van der Waals surface area contributed by atoms with Gasteiger partial charge in [0.25, 0.3) is 11.5 Å². The van der Waals surface area contributed by atoms with Crippen LogP contribution in [0.15, 0.2) is 28.7 Å². The standard InChI is InChI=1S/C21H23BrNO5.HI/c1-23-7-6-12-8-16(25-2)17(26-3)9-13(12)20(23)21(24)14-10-18(27-4)19(28-5)11-15(14)22;/h8-11H,6-7H2,1-5H3;1H/q+1;/p-1. The molecule has 6 nitrogen and oxygen atoms in total. The van der Waals surface area contributed by atoms with Crippen LogP contribution in [0.2, 0.25) is 0 Å². The Morgan fingerprint density at radius 1 is 0.897 bits per heavy atom. The molecular weight excluding hydrogens is 553 g/mol. The van der Waals surface area contributed by atoms with Gasteiger partial charge in [0.1, 0.15) is 13.6 Å². The number of benzene rings is 2. The van der Waals surface area contributed by atoms with Gasteiger partial charge in [0.05, 0.1) is 34.0 Å². The molecule has 0 atom stereocenters. The molecule has 0 saturated heterocycles. The number of nitrogens with zero attached hydrogens (tertiary/aromatic N) is 1. The van der Waals surface area contributed by atoms with Crippen molar-refractivity contribution in [2.45, 2.75) is 6.42 Å². The summed E-state index contributed by atoms with van der Waals surface area (Å²) in [6, 6.07) is 7.25. The molecule has 0 unspecified atom stereocenters. The van der Waals surface area contributed by atoms with E-state index in [-0.39, 0.29) is 29.8 Å². The fourth-order valence-electron chi connectivity index (χ4n) is 3.41. The Morgan fingerprint density at radius 2 is 1.41 bits per heavy atom. The van der Waals surface area contributed by atoms with Crippen LogP contribution in [0.1, 0.15) is 21.5 Å². The molecular formula is C21H23BrINO5. The largest absolute Gasteiger partial charge is 1.00 e. The minimum absolute atomic E-state index is 0. The van der Waals surface area contributed by atoms with Crippen molar-refractivity contribution in [2.24, 2.45) is 0 Å². The second kappa shape index (κ2) is 9.80. The molecule has 0 aliphatic carbocycles. The Kier molecular flexibility index (Phi) is 7.93. The number of methoxy groups -OCH3 is 4. The summed E-state index contributed by atoms with van der Waals surface area (Å²) < 4.78 is 24.2. The van der Waals surface area contributed by atoms with E-state index in [2.05, 4.69) is 15.9 Å². The van der Waals surface area contributed by atoms with E-state index in [4.69, 9.17) is 18.9 Å². The fourth-order valence-corrected chi connectivity index (χ4v) is 3.91. The van der Waals surface area contributed by atoms with Crippen LogP contribution in [0.5, 0.6) is 23.0 Å². The van der Waals surface area contributed by atoms with Crippen molar-refractivity contribution in [3.05, 3.63) is 45.4 Å². The average molecular weight is 576 g/mol. The Morgan fingerprint density at radius 3 is 2.00 bits per heavy atom. The van der Waals surface area contributed by atoms with Gasteiger partial charge in [0.2, 0.25) is 0 Å². The summed E-state index contributed by atoms with van der Waals surface area (Å²) in [5.74, 6) is 2.20. The first-order chi connectivity index (χ1) is 13.4. The van der Waals surface area contributed by atoms with Gasteiger partial charge < -0.3 is 42.9 Å². The third kappa shape index (κ3) is 4.37. The van der Waals surface area contributed by atoms with Crippen LogP contribution in [0.25, 0.3) is 0 Å². The SMILES string of the molecule is COc1cc(Br)c(C(=O)C2=[N+](C)CCc3cc(OC)c(OC)cc32)cc1OC.[I-]. The first-order valence-electron chi connectivity index (χ1n) is 8.74. The molecule has 2 aromatic rings. The fraction of sp³-hybridized carbons (Fsp3) is 0.333. The van der Waals surface area contributed by atoms with Crippen LogP contribution in [0, 0.1) is 0 Å². The lowest BCUT2D eigenvalue weighted by atomic mass is 9.91. The van der Waals surface area contributed by atoms with E-state index in [9.17, 15) is 4.79 Å². The highest BCUT2D eigenvalue weighted by molar-refractivity contribution is 9.10. The van der Waals surface area contributed by atoms with Gasteiger partial charge in [-0.05, 0) is 45.8 Å². The minimum Gasteiger partial charge on any atom is -1.00 e. The van der Waals surface area contributed by atoms with E-state index in [1.165, 1.54) is 0 Å². The first-order valence-corrected chi connectivity index (χ1v) is 9.54. The van der Waals surface area contributed by atoms with E-state index >= 15 is 0 Å². The summed E-state index contributed by atoms with van der Waals surface area (Å²) >= 11 is 3.50. The zero-order chi connectivity index (χ0) is 20.4. The molecule has 1 heterocycles. The highest BCUT2D eigenvalue weighted by Gasteiger charge is 2.33. The summed E-state index contributed by atoms with van der Waals surface area (Å²) in [5.41, 5.74) is 3.01. The second-order valence-electron chi connectivity index (χ2n) is 6.40. The number of fused-ring (bicyclic) bond motifs is 1. The summed E-state index contributed by atoms with van der Waals surface area (Å²) in [5, 5.41) is 0. The van der Waals surface area contributed by atoms with Crippen molar-refractivity contribution in [1.29, 1.82) is 0 Å². The topological polar surface area (TPSA) is 57.0 Å². The van der Waals surface area contributed by atoms with E-state index in [0.717, 1.165) is 24.1 Å². The summed E-state index contributed by atoms with van der Waals surface area (Å²) in [7, 11) is 8.22. The molecule has 0 N–H and O–H groups in total. The van der Waals surface area contributed by atoms with Crippen LogP contribution in [-0.4, -0.2) is 58.1 Å². The molecule has 29 heavy (non-hydrogen) atoms. The Bertz CT molecular complexity index is 974. The molecule has 0 spiro atoms. The third-order valence-corrected chi connectivity index (χ3v) is 5.55. The van der Waals surface area contributed by atoms with Crippen molar-refractivity contribution in [2.75, 3.05) is 42.0 Å². The van der Waals surface area contributed by atoms with Gasteiger partial charge in [0, 0.05) is 16.5 Å². The van der Waals surface area contributed by atoms with E-state index in [1.807, 2.05) is 23.8 Å². The Labute approximate surface area is 195 Å². The molecule has 0 bridgehead atoms. The first kappa shape index (κ1) is 23.5. The highest BCUT2D eigenvalue weighted by Crippen LogP contribution is 2.36. The smallest absolute Gasteiger partial charge is 0.258 e. The van der Waals surface area contributed by atoms with Crippen LogP contribution < -0.4 is 42.9 Å². The Balaban J connectivity index is 0.00000300. The number of likely N-dealkylation sites (N-methyl/N-ethyl adjacent to an activating group) is 1. The number of carbonyl (C=O) groups is 1. The maximum atomic E-state index is 13.5. The minimum atomic E-state index is -0.108. The van der Waals surface area contributed by atoms with Crippen LogP contribution in [0.3, 0.4) is 0 Å². The summed E-state index contributed by atoms with van der Waals surface area (Å²) in [6.45, 7) is 0.731. The third-order valence-electron chi connectivity index (χ3n) is 4.90. The molecule has 0 saturated carbocycles. The maximum Gasteiger partial charge on any atom is 0.258 e. The van der Waals surface area contributed by atoms with Crippen molar-refractivity contribution >= 4 is 27.4 Å². The second-order valence-corrected chi connectivity index (χ2v) is 7.25. The summed E-state index contributed by atoms with van der Waals surface area (Å²) in [6.07, 6.45) is 0.816. The molecule has 0 amide bonds. The number of hydrogen-bond acceptors (Lipinski definition) is 5. The van der Waals surface area contributed by atoms with E-state index < -0.39 is 0 Å². The zero-order valence-corrected chi connectivity index (χ0v) is 20.7. The summed E-state index contributed by atoms with van der Waals surface area (Å²) in [4.78, 5) is 13.5. The molecule has 0 fully saturated rings. The van der Waals surface area contributed by atoms with Gasteiger partial charge in [-0.15, -0.1) is 0 Å². The predicted octanol–water partition coefficient (Wildman–Crippen LogP) is 0.358. The predicted molar refractivity (Wildman–Crippen MR) is 110 cm³/mol. The van der Waals surface area contributed by atoms with Crippen molar-refractivity contribution in [3.63, 3.8) is 0 Å². The molecule has 1 aliphatic rings. The van der Waals surface area contributed by atoms with Gasteiger partial charge in [-0.25, -0.2) is 4.58 Å². The normalized spacial score (nSPS) is 12.6. The molecule has 156 valence electrons. The molecule has 0 radical (unpaired) electrons. The van der Waals surface area contributed by atoms with Gasteiger partial charge in [-0.3, -0.25) is 4.79 Å². The maximum absolute atomic E-state index is 13.5. The van der Waals surface area contributed by atoms with Crippen molar-refractivity contribution in [1.82, 2.24) is 0 Å². The van der Waals surface area contributed by atoms with Crippen molar-refractivity contribution < 1.29 is 52.3 Å². The van der Waals surface area contributed by atoms with Gasteiger partial charge in [-0.2, -0.15) is 0 Å². The number of rotatable bonds is 6. The van der Waals surface area contributed by atoms with Gasteiger partial charge in [-0.1, -0.05) is 0 Å². The van der Waals surface area contributed by atoms with Crippen molar-refractivity contribution in [3.8, 4) is 23.0 Å². The van der Waals surface area contributed by atoms with Gasteiger partial charge >= 0.3 is 0 Å². The number of hydrogen-bond donors (Lipinski definition) is 0. The molecule has 0 aromatic heterocycles. The number of halogens is 2. The highest BCUT2D eigenvalue weighted by atomic mass is 127. The molecule has 8 heteroatoms. The van der Waals surface area contributed by atoms with Gasteiger partial charge in [0.15, 0.2) is 23.0 Å². The monoisotopic (exact) mass is 575 g/mol. The van der Waals surface area contributed by atoms with Crippen LogP contribution >= 0.6 is 15.9 Å². The number of ketones is 1. The lowest BCUT2D eigenvalue weighted by Crippen LogP contribution is -3.00. The average Bonchev–Trinajstić information content (AvgIpc) is 2.71. The Hall–Kier alpha value is -1.81. The van der Waals surface area contributed by atoms with Crippen LogP contribution in [-0.2, 0) is 6.42 Å². The lowest BCUT2D eigenvalue weighted by molar-refractivity contribution is -0.496. The van der Waals surface area contributed by atoms with E-state index in [1.54, 1.807) is 40.6 Å². The van der Waals surface area contributed by atoms with E-state index in [0.29, 0.717) is 38.7 Å². The van der Waals surface area contributed by atoms with Crippen LogP contribution in [0.4, 0.5) is 0 Å². The molecule has 2 aromatic carbocycles.